The summed E-state index contributed by atoms with van der Waals surface area (Å²) in [6, 6.07) is 5.67. The summed E-state index contributed by atoms with van der Waals surface area (Å²) in [5.41, 5.74) is 1.19. The van der Waals surface area contributed by atoms with Gasteiger partial charge in [-0.1, -0.05) is 12.0 Å². The van der Waals surface area contributed by atoms with Crippen molar-refractivity contribution in [3.05, 3.63) is 71.2 Å². The standard InChI is InChI=1S/C23H23FN6O5S/c1-2-15-7-14(3-4-19(15)24)11-30-6-5-20(29-30)22(32)18-10-26-13-27-23(18)28-17-8-16(21(31)9-17)12-35-36(25,33)34/h1,3-7,10,13,16-17,21,31H,8-9,11-12H2,(H2,25,33,34)(H,26,27,28)/t16-,17-,21+/m1/s1. The topological polar surface area (TPSA) is 162 Å². The number of aliphatic hydroxyl groups excluding tert-OH is 1. The first-order valence-electron chi connectivity index (χ1n) is 10.9. The number of nitrogens with zero attached hydrogens (tertiary/aromatic N) is 4. The van der Waals surface area contributed by atoms with E-state index in [1.165, 1.54) is 23.3 Å². The lowest BCUT2D eigenvalue weighted by Gasteiger charge is -2.15. The van der Waals surface area contributed by atoms with Crippen LogP contribution in [0, 0.1) is 24.1 Å². The third-order valence-corrected chi connectivity index (χ3v) is 6.27. The highest BCUT2D eigenvalue weighted by atomic mass is 32.2. The van der Waals surface area contributed by atoms with Crippen molar-refractivity contribution >= 4 is 21.9 Å². The molecular weight excluding hydrogens is 491 g/mol. The summed E-state index contributed by atoms with van der Waals surface area (Å²) in [5, 5.41) is 22.6. The molecule has 3 atom stereocenters. The van der Waals surface area contributed by atoms with Crippen molar-refractivity contribution < 1.29 is 26.9 Å². The van der Waals surface area contributed by atoms with Crippen LogP contribution in [0.2, 0.25) is 0 Å². The SMILES string of the molecule is C#Cc1cc(Cn2ccc(C(=O)c3cncnc3N[C@@H]3C[C@H](COS(N)(=O)=O)[C@@H](O)C3)n2)ccc1F. The number of aromatic nitrogens is 4. The van der Waals surface area contributed by atoms with E-state index in [1.807, 2.05) is 0 Å². The third-order valence-electron chi connectivity index (χ3n) is 5.81. The molecule has 3 aromatic rings. The maximum absolute atomic E-state index is 13.6. The normalized spacial score (nSPS) is 19.7. The van der Waals surface area contributed by atoms with E-state index in [2.05, 4.69) is 30.5 Å². The first-order valence-corrected chi connectivity index (χ1v) is 12.3. The zero-order valence-electron chi connectivity index (χ0n) is 18.9. The molecule has 11 nitrogen and oxygen atoms in total. The van der Waals surface area contributed by atoms with Crippen LogP contribution in [0.1, 0.15) is 40.0 Å². The van der Waals surface area contributed by atoms with Gasteiger partial charge in [0.1, 0.15) is 23.7 Å². The molecule has 4 rings (SSSR count). The Morgan fingerprint density at radius 1 is 1.36 bits per heavy atom. The second-order valence-electron chi connectivity index (χ2n) is 8.39. The zero-order chi connectivity index (χ0) is 25.9. The number of carbonyl (C=O) groups excluding carboxylic acids is 1. The van der Waals surface area contributed by atoms with Gasteiger partial charge >= 0.3 is 10.3 Å². The van der Waals surface area contributed by atoms with E-state index in [-0.39, 0.29) is 41.8 Å². The molecule has 1 aromatic carbocycles. The highest BCUT2D eigenvalue weighted by molar-refractivity contribution is 7.84. The third kappa shape index (κ3) is 6.10. The van der Waals surface area contributed by atoms with Crippen LogP contribution in [-0.4, -0.2) is 57.8 Å². The minimum atomic E-state index is -4.11. The fraction of sp³-hybridized carbons (Fsp3) is 0.304. The molecule has 4 N–H and O–H groups in total. The highest BCUT2D eigenvalue weighted by Gasteiger charge is 2.34. The monoisotopic (exact) mass is 514 g/mol. The number of halogens is 1. The highest BCUT2D eigenvalue weighted by Crippen LogP contribution is 2.30. The molecule has 0 spiro atoms. The van der Waals surface area contributed by atoms with Gasteiger partial charge < -0.3 is 10.4 Å². The summed E-state index contributed by atoms with van der Waals surface area (Å²) >= 11 is 0. The van der Waals surface area contributed by atoms with Crippen LogP contribution >= 0.6 is 0 Å². The lowest BCUT2D eigenvalue weighted by molar-refractivity contribution is 0.101. The van der Waals surface area contributed by atoms with Crippen molar-refractivity contribution in [3.8, 4) is 12.3 Å². The molecule has 36 heavy (non-hydrogen) atoms. The summed E-state index contributed by atoms with van der Waals surface area (Å²) in [7, 11) is -4.11. The predicted octanol–water partition coefficient (Wildman–Crippen LogP) is 0.844. The minimum Gasteiger partial charge on any atom is -0.393 e. The van der Waals surface area contributed by atoms with Crippen molar-refractivity contribution in [1.82, 2.24) is 19.7 Å². The van der Waals surface area contributed by atoms with Crippen LogP contribution in [0.5, 0.6) is 0 Å². The molecular formula is C23H23FN6O5S. The van der Waals surface area contributed by atoms with Gasteiger partial charge in [-0.3, -0.25) is 13.7 Å². The van der Waals surface area contributed by atoms with Crippen molar-refractivity contribution in [3.63, 3.8) is 0 Å². The van der Waals surface area contributed by atoms with Gasteiger partial charge in [0.25, 0.3) is 0 Å². The van der Waals surface area contributed by atoms with E-state index in [0.29, 0.717) is 12.8 Å². The largest absolute Gasteiger partial charge is 0.393 e. The molecule has 1 aliphatic rings. The Labute approximate surface area is 206 Å². The number of terminal acetylenes is 1. The van der Waals surface area contributed by atoms with Gasteiger partial charge in [-0.2, -0.15) is 13.5 Å². The number of nitrogens with one attached hydrogen (secondary N) is 1. The van der Waals surface area contributed by atoms with E-state index >= 15 is 0 Å². The van der Waals surface area contributed by atoms with E-state index in [0.717, 1.165) is 5.56 Å². The Hall–Kier alpha value is -3.70. The van der Waals surface area contributed by atoms with Crippen molar-refractivity contribution in [2.75, 3.05) is 11.9 Å². The van der Waals surface area contributed by atoms with Gasteiger partial charge in [-0.25, -0.2) is 19.5 Å². The lowest BCUT2D eigenvalue weighted by Crippen LogP contribution is -2.24. The molecule has 0 unspecified atom stereocenters. The van der Waals surface area contributed by atoms with Crippen LogP contribution in [0.15, 0.2) is 43.0 Å². The molecule has 13 heteroatoms. The maximum atomic E-state index is 13.6. The first kappa shape index (κ1) is 25.4. The van der Waals surface area contributed by atoms with Gasteiger partial charge in [0.05, 0.1) is 30.4 Å². The summed E-state index contributed by atoms with van der Waals surface area (Å²) < 4.78 is 41.9. The Morgan fingerprint density at radius 2 is 2.17 bits per heavy atom. The van der Waals surface area contributed by atoms with Crippen LogP contribution in [0.25, 0.3) is 0 Å². The van der Waals surface area contributed by atoms with Crippen molar-refractivity contribution in [2.24, 2.45) is 11.1 Å². The molecule has 0 bridgehead atoms. The molecule has 0 radical (unpaired) electrons. The number of anilines is 1. The Morgan fingerprint density at radius 3 is 2.92 bits per heavy atom. The summed E-state index contributed by atoms with van der Waals surface area (Å²) in [5.74, 6) is 1.17. The number of rotatable bonds is 9. The average molecular weight is 515 g/mol. The van der Waals surface area contributed by atoms with Crippen LogP contribution in [0.3, 0.4) is 0 Å². The predicted molar refractivity (Wildman–Crippen MR) is 126 cm³/mol. The molecule has 1 saturated carbocycles. The summed E-state index contributed by atoms with van der Waals surface area (Å²) in [6.45, 7) is 0.0304. The average Bonchev–Trinajstić information content (AvgIpc) is 3.44. The van der Waals surface area contributed by atoms with Gasteiger partial charge in [-0.05, 0) is 36.6 Å². The van der Waals surface area contributed by atoms with E-state index in [9.17, 15) is 22.7 Å². The number of carbonyl (C=O) groups is 1. The Balaban J connectivity index is 1.45. The minimum absolute atomic E-state index is 0.142. The van der Waals surface area contributed by atoms with Gasteiger partial charge in [0.15, 0.2) is 0 Å². The number of benzene rings is 1. The van der Waals surface area contributed by atoms with Crippen molar-refractivity contribution in [1.29, 1.82) is 0 Å². The number of hydrogen-bond acceptors (Lipinski definition) is 9. The van der Waals surface area contributed by atoms with Gasteiger partial charge in [0.2, 0.25) is 5.78 Å². The Bertz CT molecular complexity index is 1420. The smallest absolute Gasteiger partial charge is 0.333 e. The molecule has 0 amide bonds. The number of nitrogens with two attached hydrogens (primary N) is 1. The second-order valence-corrected chi connectivity index (χ2v) is 9.61. The molecule has 2 heterocycles. The van der Waals surface area contributed by atoms with E-state index < -0.39 is 33.9 Å². The lowest BCUT2D eigenvalue weighted by atomic mass is 10.1. The zero-order valence-corrected chi connectivity index (χ0v) is 19.7. The number of ketones is 1. The fourth-order valence-electron chi connectivity index (χ4n) is 4.06. The summed E-state index contributed by atoms with van der Waals surface area (Å²) in [4.78, 5) is 21.3. The van der Waals surface area contributed by atoms with Crippen LogP contribution in [0.4, 0.5) is 10.2 Å². The molecule has 1 aliphatic carbocycles. The van der Waals surface area contributed by atoms with Crippen LogP contribution < -0.4 is 10.5 Å². The second kappa shape index (κ2) is 10.5. The molecule has 0 aliphatic heterocycles. The van der Waals surface area contributed by atoms with Gasteiger partial charge in [-0.15, -0.1) is 6.42 Å². The van der Waals surface area contributed by atoms with Crippen molar-refractivity contribution in [2.45, 2.75) is 31.5 Å². The molecule has 1 fully saturated rings. The quantitative estimate of drug-likeness (QED) is 0.277. The molecule has 0 saturated heterocycles. The summed E-state index contributed by atoms with van der Waals surface area (Å²) in [6.07, 6.45) is 9.43. The fourth-order valence-corrected chi connectivity index (χ4v) is 4.43. The molecule has 2 aromatic heterocycles. The number of aliphatic hydroxyl groups is 1. The van der Waals surface area contributed by atoms with E-state index in [1.54, 1.807) is 24.4 Å². The number of hydrogen-bond donors (Lipinski definition) is 3. The van der Waals surface area contributed by atoms with E-state index in [4.69, 9.17) is 11.6 Å². The van der Waals surface area contributed by atoms with Crippen LogP contribution in [-0.2, 0) is 21.0 Å². The first-order chi connectivity index (χ1) is 17.1. The maximum Gasteiger partial charge on any atom is 0.333 e. The Kier molecular flexibility index (Phi) is 7.41. The van der Waals surface area contributed by atoms with Gasteiger partial charge in [0, 0.05) is 24.4 Å². The molecule has 188 valence electrons.